The largest absolute Gasteiger partial charge is 0.446 e. The summed E-state index contributed by atoms with van der Waals surface area (Å²) in [7, 11) is 0. The Morgan fingerprint density at radius 3 is 2.81 bits per heavy atom. The first-order valence-corrected chi connectivity index (χ1v) is 11.6. The summed E-state index contributed by atoms with van der Waals surface area (Å²) in [5.41, 5.74) is 1.17. The van der Waals surface area contributed by atoms with Gasteiger partial charge in [0.05, 0.1) is 12.7 Å². The number of nitrogens with one attached hydrogen (secondary N) is 2. The molecule has 13 heteroatoms. The van der Waals surface area contributed by atoms with Gasteiger partial charge in [0.2, 0.25) is 0 Å². The van der Waals surface area contributed by atoms with E-state index in [9.17, 15) is 18.8 Å². The van der Waals surface area contributed by atoms with E-state index >= 15 is 0 Å². The van der Waals surface area contributed by atoms with Crippen molar-refractivity contribution in [2.75, 3.05) is 5.32 Å². The van der Waals surface area contributed by atoms with Crippen molar-refractivity contribution in [1.29, 1.82) is 0 Å². The fourth-order valence-corrected chi connectivity index (χ4v) is 3.38. The number of hydrogen-bond donors (Lipinski definition) is 2. The molecule has 12 nitrogen and oxygen atoms in total. The monoisotopic (exact) mass is 498 g/mol. The van der Waals surface area contributed by atoms with Crippen molar-refractivity contribution in [3.05, 3.63) is 64.2 Å². The molecule has 190 valence electrons. The van der Waals surface area contributed by atoms with Crippen molar-refractivity contribution in [2.45, 2.75) is 64.5 Å². The zero-order valence-electron chi connectivity index (χ0n) is 19.8. The lowest BCUT2D eigenvalue weighted by Gasteiger charge is -2.24. The molecule has 3 aromatic heterocycles. The smallest absolute Gasteiger partial charge is 0.413 e. The maximum atomic E-state index is 14.5. The second-order valence-electron chi connectivity index (χ2n) is 8.57. The van der Waals surface area contributed by atoms with Crippen molar-refractivity contribution in [2.24, 2.45) is 0 Å². The predicted octanol–water partition coefficient (Wildman–Crippen LogP) is 2.00. The molecule has 0 aliphatic heterocycles. The van der Waals surface area contributed by atoms with E-state index in [1.807, 2.05) is 19.1 Å². The van der Waals surface area contributed by atoms with Gasteiger partial charge in [0.25, 0.3) is 5.91 Å². The highest BCUT2D eigenvalue weighted by Crippen LogP contribution is 2.22. The summed E-state index contributed by atoms with van der Waals surface area (Å²) in [6.45, 7) is 2.10. The number of ether oxygens (including phenoxy) is 1. The summed E-state index contributed by atoms with van der Waals surface area (Å²) in [5.74, 6) is -0.357. The summed E-state index contributed by atoms with van der Waals surface area (Å²) in [6.07, 6.45) is 5.11. The Morgan fingerprint density at radius 1 is 1.28 bits per heavy atom. The van der Waals surface area contributed by atoms with E-state index in [-0.39, 0.29) is 43.7 Å². The van der Waals surface area contributed by atoms with Crippen LogP contribution in [0, 0.1) is 6.92 Å². The van der Waals surface area contributed by atoms with Gasteiger partial charge in [0.1, 0.15) is 18.1 Å². The van der Waals surface area contributed by atoms with Gasteiger partial charge in [-0.25, -0.2) is 18.7 Å². The van der Waals surface area contributed by atoms with Crippen LogP contribution in [0.4, 0.5) is 15.0 Å². The number of rotatable bonds is 10. The normalized spacial score (nSPS) is 14.1. The second kappa shape index (κ2) is 11.5. The maximum Gasteiger partial charge on any atom is 0.413 e. The van der Waals surface area contributed by atoms with Crippen molar-refractivity contribution >= 4 is 17.8 Å². The molecule has 0 saturated heterocycles. The number of nitrogens with zero attached hydrogens (tertiary/aromatic N) is 6. The molecule has 1 unspecified atom stereocenters. The van der Waals surface area contributed by atoms with E-state index in [4.69, 9.17) is 4.74 Å². The average molecular weight is 499 g/mol. The lowest BCUT2D eigenvalue weighted by molar-refractivity contribution is 0.0623. The SMILES string of the molecule is Cc1ccc(CNC(=O)c2cn(CC(F)CCn3ccc(NC(=O)OC4CCC4)nc3=O)nn2)cn1. The number of carbonyl (C=O) groups is 2. The van der Waals surface area contributed by atoms with Crippen LogP contribution < -0.4 is 16.3 Å². The molecule has 2 amide bonds. The van der Waals surface area contributed by atoms with Crippen LogP contribution in [0.15, 0.2) is 41.6 Å². The Morgan fingerprint density at radius 2 is 2.11 bits per heavy atom. The molecule has 0 radical (unpaired) electrons. The van der Waals surface area contributed by atoms with Gasteiger partial charge in [-0.2, -0.15) is 4.98 Å². The van der Waals surface area contributed by atoms with Crippen LogP contribution in [0.2, 0.25) is 0 Å². The standard InChI is InChI=1S/C23H27FN8O4/c1-15-5-6-16(11-25-15)12-26-21(33)19-14-32(30-29-19)13-17(24)7-9-31-10-8-20(27-22(31)34)28-23(35)36-18-3-2-4-18/h5-6,8,10-11,14,17-18H,2-4,7,9,12-13H2,1H3,(H,26,33)(H,27,28,34,35). The Labute approximate surface area is 205 Å². The molecular formula is C23H27FN8O4. The van der Waals surface area contributed by atoms with E-state index in [0.29, 0.717) is 0 Å². The van der Waals surface area contributed by atoms with Gasteiger partial charge < -0.3 is 10.1 Å². The minimum absolute atomic E-state index is 0.0138. The Kier molecular flexibility index (Phi) is 7.98. The minimum Gasteiger partial charge on any atom is -0.446 e. The number of aromatic nitrogens is 6. The maximum absolute atomic E-state index is 14.5. The molecule has 1 fully saturated rings. The van der Waals surface area contributed by atoms with Crippen LogP contribution >= 0.6 is 0 Å². The Bertz CT molecular complexity index is 1260. The zero-order valence-corrected chi connectivity index (χ0v) is 19.8. The second-order valence-corrected chi connectivity index (χ2v) is 8.57. The number of amides is 2. The number of pyridine rings is 1. The molecule has 4 rings (SSSR count). The predicted molar refractivity (Wildman–Crippen MR) is 126 cm³/mol. The molecule has 0 bridgehead atoms. The molecule has 36 heavy (non-hydrogen) atoms. The number of anilines is 1. The molecule has 3 aromatic rings. The van der Waals surface area contributed by atoms with Gasteiger partial charge in [-0.15, -0.1) is 5.10 Å². The average Bonchev–Trinajstić information content (AvgIpc) is 3.29. The third-order valence-corrected chi connectivity index (χ3v) is 5.70. The van der Waals surface area contributed by atoms with E-state index in [0.717, 1.165) is 30.5 Å². The van der Waals surface area contributed by atoms with Crippen LogP contribution in [-0.2, 0) is 24.4 Å². The topological polar surface area (TPSA) is 146 Å². The highest BCUT2D eigenvalue weighted by molar-refractivity contribution is 5.91. The number of aryl methyl sites for hydroxylation is 2. The van der Waals surface area contributed by atoms with Crippen LogP contribution in [0.25, 0.3) is 0 Å². The highest BCUT2D eigenvalue weighted by atomic mass is 19.1. The molecule has 0 aromatic carbocycles. The Balaban J connectivity index is 1.21. The van der Waals surface area contributed by atoms with Gasteiger partial charge in [-0.05, 0) is 50.3 Å². The van der Waals surface area contributed by atoms with Gasteiger partial charge in [0, 0.05) is 31.2 Å². The zero-order chi connectivity index (χ0) is 25.5. The summed E-state index contributed by atoms with van der Waals surface area (Å²) in [6, 6.07) is 5.16. The fraction of sp³-hybridized carbons (Fsp3) is 0.435. The van der Waals surface area contributed by atoms with E-state index < -0.39 is 23.9 Å². The number of carbonyl (C=O) groups excluding carboxylic acids is 2. The fourth-order valence-electron chi connectivity index (χ4n) is 3.38. The summed E-state index contributed by atoms with van der Waals surface area (Å²) in [4.78, 5) is 44.2. The van der Waals surface area contributed by atoms with Gasteiger partial charge in [-0.3, -0.25) is 19.7 Å². The van der Waals surface area contributed by atoms with E-state index in [2.05, 4.69) is 30.9 Å². The van der Waals surface area contributed by atoms with Crippen LogP contribution in [0.3, 0.4) is 0 Å². The van der Waals surface area contributed by atoms with Crippen molar-refractivity contribution in [3.63, 3.8) is 0 Å². The summed E-state index contributed by atoms with van der Waals surface area (Å²) < 4.78 is 22.2. The molecule has 1 saturated carbocycles. The third kappa shape index (κ3) is 6.93. The van der Waals surface area contributed by atoms with Gasteiger partial charge in [-0.1, -0.05) is 11.3 Å². The first-order valence-electron chi connectivity index (χ1n) is 11.6. The van der Waals surface area contributed by atoms with Gasteiger partial charge in [0.15, 0.2) is 5.69 Å². The number of alkyl halides is 1. The van der Waals surface area contributed by atoms with E-state index in [1.54, 1.807) is 6.20 Å². The molecule has 1 aliphatic carbocycles. The number of halogens is 1. The van der Waals surface area contributed by atoms with Crippen molar-refractivity contribution in [3.8, 4) is 0 Å². The van der Waals surface area contributed by atoms with Gasteiger partial charge >= 0.3 is 11.8 Å². The first-order chi connectivity index (χ1) is 17.4. The van der Waals surface area contributed by atoms with E-state index in [1.165, 1.54) is 27.7 Å². The quantitative estimate of drug-likeness (QED) is 0.432. The minimum atomic E-state index is -1.34. The Hall–Kier alpha value is -4.16. The highest BCUT2D eigenvalue weighted by Gasteiger charge is 2.22. The number of hydrogen-bond acceptors (Lipinski definition) is 8. The molecule has 1 aliphatic rings. The lowest BCUT2D eigenvalue weighted by atomic mass is 9.96. The molecule has 0 spiro atoms. The molecule has 3 heterocycles. The molecule has 1 atom stereocenters. The van der Waals surface area contributed by atoms with Crippen molar-refractivity contribution in [1.82, 2.24) is 34.8 Å². The summed E-state index contributed by atoms with van der Waals surface area (Å²) in [5, 5.41) is 12.7. The summed E-state index contributed by atoms with van der Waals surface area (Å²) >= 11 is 0. The molecule has 2 N–H and O–H groups in total. The first kappa shape index (κ1) is 24.9. The van der Waals surface area contributed by atoms with Crippen LogP contribution in [0.1, 0.15) is 47.4 Å². The lowest BCUT2D eigenvalue weighted by Crippen LogP contribution is -2.30. The van der Waals surface area contributed by atoms with Crippen molar-refractivity contribution < 1.29 is 18.7 Å². The molecular weight excluding hydrogens is 471 g/mol. The van der Waals surface area contributed by atoms with Crippen LogP contribution in [-0.4, -0.2) is 53.8 Å². The van der Waals surface area contributed by atoms with Crippen LogP contribution in [0.5, 0.6) is 0 Å². The third-order valence-electron chi connectivity index (χ3n) is 5.70.